The molecule has 1 unspecified atom stereocenters. The summed E-state index contributed by atoms with van der Waals surface area (Å²) in [5, 5.41) is 12.6. The summed E-state index contributed by atoms with van der Waals surface area (Å²) in [5.74, 6) is 1.28. The Morgan fingerprint density at radius 2 is 1.69 bits per heavy atom. The van der Waals surface area contributed by atoms with E-state index in [2.05, 4.69) is 46.9 Å². The molecule has 0 radical (unpaired) electrons. The standard InChI is InChI=1S/C49H61F2N11O6/c1-58-44-34(3-2-4-39(44)62(49(58)66)40-11-12-42(63)56-47(40)65)26-60-21-16-36(17-22-60)67-28-32-14-19-59(20-15-32)25-31-7-9-35(10-8-31)61-27-37(43(57-61)45(50)51)54-46(64)38-29-68-48(55-38)33-13-18-52-41(23-33)53-24-30-5-6-30/h2-4,13,18,23,27,29-32,35-36,40,45H,5-12,14-17,19-22,24-26,28H2,1H3,(H,52,53)(H,54,64)(H,56,63,65). The summed E-state index contributed by atoms with van der Waals surface area (Å²) in [6.07, 6.45) is 12.4. The van der Waals surface area contributed by atoms with Crippen molar-refractivity contribution in [2.24, 2.45) is 24.8 Å². The van der Waals surface area contributed by atoms with E-state index in [1.54, 1.807) is 33.1 Å². The number of pyridine rings is 1. The van der Waals surface area contributed by atoms with Crippen molar-refractivity contribution in [3.63, 3.8) is 0 Å². The third-order valence-electron chi connectivity index (χ3n) is 14.8. The zero-order valence-corrected chi connectivity index (χ0v) is 38.6. The Morgan fingerprint density at radius 3 is 2.44 bits per heavy atom. The van der Waals surface area contributed by atoms with Crippen molar-refractivity contribution in [3.05, 3.63) is 76.4 Å². The lowest BCUT2D eigenvalue weighted by molar-refractivity contribution is -0.135. The molecule has 5 aliphatic rings. The SMILES string of the molecule is Cn1c(=O)n(C2CCC(=O)NC2=O)c2cccc(CN3CCC(OCC4CCN(CC5CCC(n6cc(NC(=O)c7coc(-c8ccnc(NCC9CC9)c8)n7)c(C(F)F)n6)CC5)CC4)CC3)c21. The number of rotatable bonds is 16. The van der Waals surface area contributed by atoms with Crippen LogP contribution in [0.1, 0.15) is 117 Å². The van der Waals surface area contributed by atoms with Crippen molar-refractivity contribution in [1.82, 2.24) is 44.0 Å². The van der Waals surface area contributed by atoms with E-state index >= 15 is 0 Å². The summed E-state index contributed by atoms with van der Waals surface area (Å²) in [4.78, 5) is 64.7. The largest absolute Gasteiger partial charge is 0.444 e. The van der Waals surface area contributed by atoms with Crippen molar-refractivity contribution in [2.45, 2.75) is 108 Å². The summed E-state index contributed by atoms with van der Waals surface area (Å²) in [5.41, 5.74) is 2.48. The fraction of sp³-hybridized carbons (Fsp3) is 0.571. The Bertz CT molecular complexity index is 2670. The number of piperidine rings is 3. The Morgan fingerprint density at radius 1 is 0.926 bits per heavy atom. The van der Waals surface area contributed by atoms with Gasteiger partial charge in [-0.2, -0.15) is 5.10 Å². The maximum atomic E-state index is 14.2. The number of alkyl halides is 2. The van der Waals surface area contributed by atoms with E-state index in [0.29, 0.717) is 47.6 Å². The molecule has 3 aliphatic heterocycles. The minimum atomic E-state index is -2.86. The number of aromatic nitrogens is 6. The Labute approximate surface area is 393 Å². The first-order valence-electron chi connectivity index (χ1n) is 24.5. The predicted octanol–water partition coefficient (Wildman–Crippen LogP) is 6.70. The highest BCUT2D eigenvalue weighted by Crippen LogP contribution is 2.36. The number of imide groups is 1. The third kappa shape index (κ3) is 10.3. The van der Waals surface area contributed by atoms with E-state index in [-0.39, 0.29) is 47.4 Å². The van der Waals surface area contributed by atoms with Gasteiger partial charge in [-0.1, -0.05) is 12.1 Å². The minimum absolute atomic E-state index is 0.0200. The summed E-state index contributed by atoms with van der Waals surface area (Å²) >= 11 is 0. The molecule has 3 N–H and O–H groups in total. The van der Waals surface area contributed by atoms with Crippen LogP contribution >= 0.6 is 0 Å². The first-order chi connectivity index (χ1) is 33.0. The van der Waals surface area contributed by atoms with Gasteiger partial charge >= 0.3 is 5.69 Å². The second-order valence-corrected chi connectivity index (χ2v) is 19.6. The van der Waals surface area contributed by atoms with Gasteiger partial charge in [0, 0.05) is 70.8 Å². The lowest BCUT2D eigenvalue weighted by Gasteiger charge is -2.37. The molecule has 2 saturated carbocycles. The highest BCUT2D eigenvalue weighted by Gasteiger charge is 2.33. The molecular weight excluding hydrogens is 877 g/mol. The first kappa shape index (κ1) is 46.0. The number of likely N-dealkylation sites (tertiary alicyclic amines) is 2. The average molecular weight is 938 g/mol. The van der Waals surface area contributed by atoms with Gasteiger partial charge in [-0.15, -0.1) is 0 Å². The van der Waals surface area contributed by atoms with Crippen LogP contribution in [0.3, 0.4) is 0 Å². The number of oxazole rings is 1. The molecule has 1 aromatic carbocycles. The van der Waals surface area contributed by atoms with Crippen LogP contribution in [0.5, 0.6) is 0 Å². The molecule has 3 amide bonds. The fourth-order valence-corrected chi connectivity index (χ4v) is 10.7. The molecule has 7 heterocycles. The van der Waals surface area contributed by atoms with Crippen LogP contribution in [-0.4, -0.2) is 108 Å². The van der Waals surface area contributed by atoms with Crippen molar-refractivity contribution in [2.75, 3.05) is 56.5 Å². The van der Waals surface area contributed by atoms with Crippen LogP contribution in [0, 0.1) is 17.8 Å². The predicted molar refractivity (Wildman–Crippen MR) is 249 cm³/mol. The van der Waals surface area contributed by atoms with Crippen molar-refractivity contribution >= 4 is 40.3 Å². The fourth-order valence-electron chi connectivity index (χ4n) is 10.7. The molecule has 10 rings (SSSR count). The second-order valence-electron chi connectivity index (χ2n) is 19.6. The molecule has 17 nitrogen and oxygen atoms in total. The van der Waals surface area contributed by atoms with Crippen molar-refractivity contribution < 1.29 is 32.3 Å². The average Bonchev–Trinajstić information content (AvgIpc) is 3.75. The first-order valence-corrected chi connectivity index (χ1v) is 24.5. The molecule has 5 aromatic rings. The Kier molecular flexibility index (Phi) is 13.6. The molecule has 0 spiro atoms. The lowest BCUT2D eigenvalue weighted by Crippen LogP contribution is -2.44. The number of aryl methyl sites for hydroxylation is 1. The molecule has 0 bridgehead atoms. The monoisotopic (exact) mass is 937 g/mol. The van der Waals surface area contributed by atoms with Crippen LogP contribution in [0.25, 0.3) is 22.5 Å². The number of amides is 3. The zero-order valence-electron chi connectivity index (χ0n) is 38.6. The Hall–Kier alpha value is -5.79. The van der Waals surface area contributed by atoms with Crippen molar-refractivity contribution in [3.8, 4) is 11.5 Å². The van der Waals surface area contributed by atoms with E-state index in [1.165, 1.54) is 25.3 Å². The maximum absolute atomic E-state index is 14.2. The van der Waals surface area contributed by atoms with E-state index in [1.807, 2.05) is 18.2 Å². The number of hydrogen-bond donors (Lipinski definition) is 3. The molecular formula is C49H61F2N11O6. The molecule has 19 heteroatoms. The quantitative estimate of drug-likeness (QED) is 0.0891. The number of ether oxygens (including phenoxy) is 1. The van der Waals surface area contributed by atoms with Gasteiger partial charge in [0.15, 0.2) is 11.4 Å². The number of carbonyl (C=O) groups excluding carboxylic acids is 3. The normalized spacial score (nSPS) is 22.6. The smallest absolute Gasteiger partial charge is 0.329 e. The minimum Gasteiger partial charge on any atom is -0.444 e. The number of benzene rings is 1. The molecule has 2 aliphatic carbocycles. The number of imidazole rings is 1. The van der Waals surface area contributed by atoms with Gasteiger partial charge in [0.05, 0.1) is 28.9 Å². The van der Waals surface area contributed by atoms with Crippen LogP contribution in [-0.2, 0) is 27.9 Å². The summed E-state index contributed by atoms with van der Waals surface area (Å²) in [7, 11) is 1.75. The lowest BCUT2D eigenvalue weighted by atomic mass is 9.85. The van der Waals surface area contributed by atoms with Gasteiger partial charge in [0.2, 0.25) is 17.7 Å². The summed E-state index contributed by atoms with van der Waals surface area (Å²) < 4.78 is 45.3. The topological polar surface area (TPSA) is 187 Å². The number of carbonyl (C=O) groups is 3. The number of para-hydroxylation sites is 1. The van der Waals surface area contributed by atoms with E-state index in [0.717, 1.165) is 108 Å². The summed E-state index contributed by atoms with van der Waals surface area (Å²) in [6.45, 7) is 7.22. The highest BCUT2D eigenvalue weighted by molar-refractivity contribution is 6.03. The van der Waals surface area contributed by atoms with Gasteiger partial charge in [-0.3, -0.25) is 38.4 Å². The number of nitrogens with zero attached hydrogens (tertiary/aromatic N) is 8. The van der Waals surface area contributed by atoms with Crippen molar-refractivity contribution in [1.29, 1.82) is 0 Å². The van der Waals surface area contributed by atoms with E-state index < -0.39 is 30.0 Å². The van der Waals surface area contributed by atoms with Crippen LogP contribution in [0.15, 0.2) is 58.2 Å². The Balaban J connectivity index is 0.643. The highest BCUT2D eigenvalue weighted by atomic mass is 19.3. The maximum Gasteiger partial charge on any atom is 0.329 e. The van der Waals surface area contributed by atoms with Gasteiger partial charge in [0.25, 0.3) is 12.3 Å². The van der Waals surface area contributed by atoms with E-state index in [9.17, 15) is 28.0 Å². The van der Waals surface area contributed by atoms with Crippen LogP contribution in [0.4, 0.5) is 20.3 Å². The number of nitrogens with one attached hydrogen (secondary N) is 3. The number of anilines is 2. The van der Waals surface area contributed by atoms with Gasteiger partial charge in [0.1, 0.15) is 18.1 Å². The second kappa shape index (κ2) is 20.0. The number of hydrogen-bond acceptors (Lipinski definition) is 12. The molecule has 5 fully saturated rings. The molecule has 3 saturated heterocycles. The third-order valence-corrected chi connectivity index (χ3v) is 14.8. The van der Waals surface area contributed by atoms with Gasteiger partial charge in [-0.05, 0) is 125 Å². The zero-order chi connectivity index (χ0) is 46.9. The van der Waals surface area contributed by atoms with Crippen LogP contribution < -0.4 is 21.6 Å². The molecule has 4 aromatic heterocycles. The van der Waals surface area contributed by atoms with Gasteiger partial charge in [-0.25, -0.2) is 23.5 Å². The number of halogens is 2. The van der Waals surface area contributed by atoms with E-state index in [4.69, 9.17) is 9.15 Å². The van der Waals surface area contributed by atoms with Gasteiger partial charge < -0.3 is 24.7 Å². The number of fused-ring (bicyclic) bond motifs is 1. The molecule has 1 atom stereocenters. The van der Waals surface area contributed by atoms with Crippen LogP contribution in [0.2, 0.25) is 0 Å². The summed E-state index contributed by atoms with van der Waals surface area (Å²) in [6, 6.07) is 8.69. The molecule has 68 heavy (non-hydrogen) atoms. The molecule has 362 valence electrons.